The molecule has 0 aromatic heterocycles. The van der Waals surface area contributed by atoms with Crippen molar-refractivity contribution in [1.29, 1.82) is 0 Å². The number of carbonyl (C=O) groups is 1. The number of hydrogen-bond acceptors (Lipinski definition) is 3. The van der Waals surface area contributed by atoms with E-state index in [-0.39, 0.29) is 16.9 Å². The van der Waals surface area contributed by atoms with Crippen LogP contribution >= 0.6 is 0 Å². The van der Waals surface area contributed by atoms with Crippen molar-refractivity contribution in [2.24, 2.45) is 21.8 Å². The molecule has 0 N–H and O–H groups in total. The molecule has 2 aliphatic carbocycles. The Labute approximate surface area is 103 Å². The third kappa shape index (κ3) is 1.18. The molecule has 2 bridgehead atoms. The minimum absolute atomic E-state index is 0.0567. The SMILES string of the molecule is CC1=NN(C2C(=O)C3(C)CCC2C3(C)C)CC1. The van der Waals surface area contributed by atoms with Crippen LogP contribution in [0.4, 0.5) is 0 Å². The van der Waals surface area contributed by atoms with Crippen LogP contribution in [0.1, 0.15) is 47.0 Å². The standard InChI is InChI=1S/C14H22N2O/c1-9-6-8-16(15-9)11-10-5-7-14(4,12(11)17)13(10,2)3/h10-11H,5-8H2,1-4H3. The molecule has 94 valence electrons. The van der Waals surface area contributed by atoms with Gasteiger partial charge < -0.3 is 0 Å². The minimum atomic E-state index is -0.117. The van der Waals surface area contributed by atoms with Crippen molar-refractivity contribution in [3.05, 3.63) is 0 Å². The van der Waals surface area contributed by atoms with E-state index in [9.17, 15) is 4.79 Å². The molecule has 0 radical (unpaired) electrons. The molecule has 1 heterocycles. The summed E-state index contributed by atoms with van der Waals surface area (Å²) in [5.41, 5.74) is 1.19. The molecular weight excluding hydrogens is 212 g/mol. The number of hydrogen-bond donors (Lipinski definition) is 0. The molecular formula is C14H22N2O. The fraction of sp³-hybridized carbons (Fsp3) is 0.857. The van der Waals surface area contributed by atoms with Crippen molar-refractivity contribution in [2.75, 3.05) is 6.54 Å². The maximum absolute atomic E-state index is 12.7. The minimum Gasteiger partial charge on any atom is -0.297 e. The zero-order chi connectivity index (χ0) is 12.4. The quantitative estimate of drug-likeness (QED) is 0.698. The molecule has 3 heteroatoms. The molecule has 17 heavy (non-hydrogen) atoms. The van der Waals surface area contributed by atoms with Gasteiger partial charge in [-0.3, -0.25) is 9.80 Å². The summed E-state index contributed by atoms with van der Waals surface area (Å²) in [5, 5.41) is 6.64. The van der Waals surface area contributed by atoms with Gasteiger partial charge in [-0.05, 0) is 31.1 Å². The van der Waals surface area contributed by atoms with E-state index in [1.807, 2.05) is 0 Å². The van der Waals surface area contributed by atoms with Gasteiger partial charge in [0.1, 0.15) is 6.04 Å². The van der Waals surface area contributed by atoms with Crippen LogP contribution in [-0.2, 0) is 4.79 Å². The fourth-order valence-corrected chi connectivity index (χ4v) is 4.18. The highest BCUT2D eigenvalue weighted by atomic mass is 16.1. The summed E-state index contributed by atoms with van der Waals surface area (Å²) in [6.45, 7) is 9.71. The van der Waals surface area contributed by atoms with Gasteiger partial charge in [0.2, 0.25) is 0 Å². The van der Waals surface area contributed by atoms with E-state index >= 15 is 0 Å². The second-order valence-corrected chi connectivity index (χ2v) is 6.76. The van der Waals surface area contributed by atoms with Crippen molar-refractivity contribution in [1.82, 2.24) is 5.01 Å². The first-order chi connectivity index (χ1) is 7.88. The van der Waals surface area contributed by atoms with Crippen LogP contribution in [0.25, 0.3) is 0 Å². The van der Waals surface area contributed by atoms with Crippen molar-refractivity contribution >= 4 is 11.5 Å². The molecule has 3 atom stereocenters. The van der Waals surface area contributed by atoms with E-state index in [0.29, 0.717) is 11.7 Å². The molecule has 0 saturated heterocycles. The summed E-state index contributed by atoms with van der Waals surface area (Å²) >= 11 is 0. The number of nitrogens with zero attached hydrogens (tertiary/aromatic N) is 2. The molecule has 2 saturated carbocycles. The molecule has 0 aromatic rings. The average Bonchev–Trinajstić information content (AvgIpc) is 2.80. The Morgan fingerprint density at radius 2 is 2.06 bits per heavy atom. The zero-order valence-corrected chi connectivity index (χ0v) is 11.3. The zero-order valence-electron chi connectivity index (χ0n) is 11.3. The van der Waals surface area contributed by atoms with Gasteiger partial charge in [-0.25, -0.2) is 0 Å². The summed E-state index contributed by atoms with van der Waals surface area (Å²) in [7, 11) is 0. The highest BCUT2D eigenvalue weighted by Crippen LogP contribution is 2.64. The van der Waals surface area contributed by atoms with Crippen LogP contribution in [0.3, 0.4) is 0 Å². The van der Waals surface area contributed by atoms with Gasteiger partial charge in [0.15, 0.2) is 5.78 Å². The first kappa shape index (κ1) is 11.2. The number of rotatable bonds is 1. The summed E-state index contributed by atoms with van der Waals surface area (Å²) in [5.74, 6) is 0.937. The fourth-order valence-electron chi connectivity index (χ4n) is 4.18. The van der Waals surface area contributed by atoms with Gasteiger partial charge in [-0.2, -0.15) is 5.10 Å². The summed E-state index contributed by atoms with van der Waals surface area (Å²) in [4.78, 5) is 12.7. The smallest absolute Gasteiger partial charge is 0.163 e. The van der Waals surface area contributed by atoms with Crippen LogP contribution in [0, 0.1) is 16.7 Å². The second kappa shape index (κ2) is 3.12. The van der Waals surface area contributed by atoms with Crippen molar-refractivity contribution in [2.45, 2.75) is 53.0 Å². The predicted octanol–water partition coefficient (Wildman–Crippen LogP) is 2.46. The topological polar surface area (TPSA) is 32.7 Å². The normalized spacial score (nSPS) is 43.4. The van der Waals surface area contributed by atoms with E-state index in [0.717, 1.165) is 19.4 Å². The van der Waals surface area contributed by atoms with Crippen LogP contribution in [0.5, 0.6) is 0 Å². The summed E-state index contributed by atoms with van der Waals surface area (Å²) in [6, 6.07) is 0.0567. The summed E-state index contributed by atoms with van der Waals surface area (Å²) < 4.78 is 0. The molecule has 0 amide bonds. The van der Waals surface area contributed by atoms with Gasteiger partial charge in [0, 0.05) is 24.1 Å². The lowest BCUT2D eigenvalue weighted by molar-refractivity contribution is -0.132. The van der Waals surface area contributed by atoms with Crippen LogP contribution in [0.2, 0.25) is 0 Å². The molecule has 0 spiro atoms. The van der Waals surface area contributed by atoms with E-state index in [1.165, 1.54) is 12.1 Å². The van der Waals surface area contributed by atoms with Crippen LogP contribution < -0.4 is 0 Å². The van der Waals surface area contributed by atoms with Gasteiger partial charge in [0.25, 0.3) is 0 Å². The van der Waals surface area contributed by atoms with Crippen molar-refractivity contribution < 1.29 is 4.79 Å². The molecule has 1 aliphatic heterocycles. The maximum Gasteiger partial charge on any atom is 0.163 e. The van der Waals surface area contributed by atoms with Crippen molar-refractivity contribution in [3.63, 3.8) is 0 Å². The van der Waals surface area contributed by atoms with E-state index < -0.39 is 0 Å². The Bertz CT molecular complexity index is 412. The Balaban J connectivity index is 1.97. The number of carbonyl (C=O) groups excluding carboxylic acids is 1. The first-order valence-corrected chi connectivity index (χ1v) is 6.73. The Kier molecular flexibility index (Phi) is 2.06. The number of fused-ring (bicyclic) bond motifs is 2. The van der Waals surface area contributed by atoms with E-state index in [2.05, 4.69) is 37.8 Å². The van der Waals surface area contributed by atoms with Gasteiger partial charge in [0.05, 0.1) is 0 Å². The maximum atomic E-state index is 12.7. The molecule has 3 nitrogen and oxygen atoms in total. The van der Waals surface area contributed by atoms with Crippen LogP contribution in [-0.4, -0.2) is 29.1 Å². The van der Waals surface area contributed by atoms with Crippen LogP contribution in [0.15, 0.2) is 5.10 Å². The third-order valence-corrected chi connectivity index (χ3v) is 5.82. The van der Waals surface area contributed by atoms with Gasteiger partial charge in [-0.15, -0.1) is 0 Å². The van der Waals surface area contributed by atoms with Crippen molar-refractivity contribution in [3.8, 4) is 0 Å². The highest BCUT2D eigenvalue weighted by molar-refractivity contribution is 5.95. The van der Waals surface area contributed by atoms with E-state index in [1.54, 1.807) is 0 Å². The highest BCUT2D eigenvalue weighted by Gasteiger charge is 2.67. The van der Waals surface area contributed by atoms with E-state index in [4.69, 9.17) is 0 Å². The number of Topliss-reactive ketones (excluding diaryl/α,β-unsaturated/α-hetero) is 1. The Hall–Kier alpha value is -0.860. The molecule has 3 rings (SSSR count). The molecule has 3 aliphatic rings. The average molecular weight is 234 g/mol. The predicted molar refractivity (Wildman–Crippen MR) is 67.8 cm³/mol. The molecule has 0 aromatic carbocycles. The lowest BCUT2D eigenvalue weighted by atomic mass is 9.70. The summed E-state index contributed by atoms with van der Waals surface area (Å²) in [6.07, 6.45) is 3.27. The first-order valence-electron chi connectivity index (χ1n) is 6.73. The second-order valence-electron chi connectivity index (χ2n) is 6.76. The molecule has 2 fully saturated rings. The third-order valence-electron chi connectivity index (χ3n) is 5.82. The number of ketones is 1. The molecule has 3 unspecified atom stereocenters. The number of hydrazone groups is 1. The lowest BCUT2D eigenvalue weighted by Gasteiger charge is -2.31. The van der Waals surface area contributed by atoms with Gasteiger partial charge in [-0.1, -0.05) is 20.8 Å². The Morgan fingerprint density at radius 3 is 2.53 bits per heavy atom. The Morgan fingerprint density at radius 1 is 1.35 bits per heavy atom. The monoisotopic (exact) mass is 234 g/mol. The largest absolute Gasteiger partial charge is 0.297 e. The lowest BCUT2D eigenvalue weighted by Crippen LogP contribution is -2.43. The van der Waals surface area contributed by atoms with Gasteiger partial charge >= 0.3 is 0 Å².